The highest BCUT2D eigenvalue weighted by Crippen LogP contribution is 2.24. The summed E-state index contributed by atoms with van der Waals surface area (Å²) >= 11 is 1.21. The van der Waals surface area contributed by atoms with E-state index in [4.69, 9.17) is 4.74 Å². The number of amides is 1. The van der Waals surface area contributed by atoms with Crippen molar-refractivity contribution in [3.8, 4) is 5.75 Å². The summed E-state index contributed by atoms with van der Waals surface area (Å²) in [6, 6.07) is 7.37. The molecule has 0 saturated heterocycles. The zero-order valence-corrected chi connectivity index (χ0v) is 13.9. The molecule has 2 aromatic rings. The summed E-state index contributed by atoms with van der Waals surface area (Å²) in [5.41, 5.74) is 2.31. The van der Waals surface area contributed by atoms with Crippen molar-refractivity contribution in [2.75, 3.05) is 19.5 Å². The summed E-state index contributed by atoms with van der Waals surface area (Å²) in [4.78, 5) is 24.0. The molecular formula is C17H17NO4S. The van der Waals surface area contributed by atoms with Crippen molar-refractivity contribution in [1.82, 2.24) is 0 Å². The molecule has 0 aliphatic carbocycles. The monoisotopic (exact) mass is 331 g/mol. The van der Waals surface area contributed by atoms with Gasteiger partial charge in [-0.1, -0.05) is 11.6 Å². The number of anilines is 1. The summed E-state index contributed by atoms with van der Waals surface area (Å²) in [6.07, 6.45) is 3.07. The Labute approximate surface area is 138 Å². The number of nitrogens with one attached hydrogen (secondary N) is 1. The lowest BCUT2D eigenvalue weighted by Gasteiger charge is -2.06. The summed E-state index contributed by atoms with van der Waals surface area (Å²) in [5.74, 6) is -0.123. The SMILES string of the molecule is COC(=O)c1sccc1NC(=O)/C=C/c1cc(C)ccc1OC. The molecule has 5 nitrogen and oxygen atoms in total. The van der Waals surface area contributed by atoms with Crippen molar-refractivity contribution in [2.24, 2.45) is 0 Å². The van der Waals surface area contributed by atoms with Crippen molar-refractivity contribution in [3.05, 3.63) is 51.7 Å². The van der Waals surface area contributed by atoms with Gasteiger partial charge in [-0.25, -0.2) is 4.79 Å². The van der Waals surface area contributed by atoms with Crippen LogP contribution in [0, 0.1) is 6.92 Å². The predicted molar refractivity (Wildman–Crippen MR) is 91.1 cm³/mol. The average Bonchev–Trinajstić information content (AvgIpc) is 3.00. The van der Waals surface area contributed by atoms with Crippen LogP contribution >= 0.6 is 11.3 Å². The second kappa shape index (κ2) is 7.60. The molecule has 6 heteroatoms. The molecule has 0 aliphatic rings. The Bertz CT molecular complexity index is 749. The number of ether oxygens (including phenoxy) is 2. The van der Waals surface area contributed by atoms with Crippen LogP contribution in [0.4, 0.5) is 5.69 Å². The van der Waals surface area contributed by atoms with E-state index in [1.165, 1.54) is 24.5 Å². The summed E-state index contributed by atoms with van der Waals surface area (Å²) < 4.78 is 9.94. The first-order valence-corrected chi connectivity index (χ1v) is 7.72. The Morgan fingerprint density at radius 1 is 1.22 bits per heavy atom. The number of thiophene rings is 1. The van der Waals surface area contributed by atoms with Gasteiger partial charge in [0.1, 0.15) is 10.6 Å². The third-order valence-electron chi connectivity index (χ3n) is 3.09. The van der Waals surface area contributed by atoms with E-state index in [9.17, 15) is 9.59 Å². The molecule has 0 saturated carbocycles. The van der Waals surface area contributed by atoms with Gasteiger partial charge >= 0.3 is 5.97 Å². The number of hydrogen-bond acceptors (Lipinski definition) is 5. The Balaban J connectivity index is 2.13. The fourth-order valence-electron chi connectivity index (χ4n) is 1.98. The molecule has 0 aliphatic heterocycles. The second-order valence-corrected chi connectivity index (χ2v) is 5.64. The largest absolute Gasteiger partial charge is 0.496 e. The van der Waals surface area contributed by atoms with Crippen molar-refractivity contribution >= 4 is 35.0 Å². The summed E-state index contributed by atoms with van der Waals surface area (Å²) in [5, 5.41) is 4.39. The number of carbonyl (C=O) groups is 2. The maximum Gasteiger partial charge on any atom is 0.350 e. The lowest BCUT2D eigenvalue weighted by Crippen LogP contribution is -2.10. The first kappa shape index (κ1) is 16.8. The van der Waals surface area contributed by atoms with Gasteiger partial charge in [0.25, 0.3) is 0 Å². The highest BCUT2D eigenvalue weighted by Gasteiger charge is 2.14. The van der Waals surface area contributed by atoms with Gasteiger partial charge in [-0.05, 0) is 36.6 Å². The number of aryl methyl sites for hydroxylation is 1. The molecule has 1 amide bonds. The molecule has 0 atom stereocenters. The lowest BCUT2D eigenvalue weighted by molar-refractivity contribution is -0.111. The zero-order chi connectivity index (χ0) is 16.8. The summed E-state index contributed by atoms with van der Waals surface area (Å²) in [7, 11) is 2.88. The predicted octanol–water partition coefficient (Wildman–Crippen LogP) is 3.50. The van der Waals surface area contributed by atoms with Crippen LogP contribution in [-0.4, -0.2) is 26.1 Å². The minimum absolute atomic E-state index is 0.336. The van der Waals surface area contributed by atoms with Crippen LogP contribution in [0.3, 0.4) is 0 Å². The number of methoxy groups -OCH3 is 2. The van der Waals surface area contributed by atoms with E-state index in [2.05, 4.69) is 10.1 Å². The van der Waals surface area contributed by atoms with Crippen LogP contribution in [0.15, 0.2) is 35.7 Å². The van der Waals surface area contributed by atoms with E-state index in [1.54, 1.807) is 24.6 Å². The van der Waals surface area contributed by atoms with Gasteiger partial charge in [0, 0.05) is 11.6 Å². The van der Waals surface area contributed by atoms with Gasteiger partial charge in [-0.15, -0.1) is 11.3 Å². The molecule has 1 heterocycles. The quantitative estimate of drug-likeness (QED) is 0.673. The van der Waals surface area contributed by atoms with Gasteiger partial charge in [-0.3, -0.25) is 4.79 Å². The Kier molecular flexibility index (Phi) is 5.54. The smallest absolute Gasteiger partial charge is 0.350 e. The molecule has 120 valence electrons. The average molecular weight is 331 g/mol. The van der Waals surface area contributed by atoms with Crippen LogP contribution in [0.5, 0.6) is 5.75 Å². The number of carbonyl (C=O) groups excluding carboxylic acids is 2. The first-order chi connectivity index (χ1) is 11.0. The fourth-order valence-corrected chi connectivity index (χ4v) is 2.75. The van der Waals surface area contributed by atoms with Gasteiger partial charge in [0.15, 0.2) is 0 Å². The second-order valence-electron chi connectivity index (χ2n) is 4.72. The third kappa shape index (κ3) is 4.20. The molecule has 0 unspecified atom stereocenters. The zero-order valence-electron chi connectivity index (χ0n) is 13.1. The molecule has 1 aromatic heterocycles. The fraction of sp³-hybridized carbons (Fsp3) is 0.176. The minimum Gasteiger partial charge on any atom is -0.496 e. The van der Waals surface area contributed by atoms with E-state index in [0.29, 0.717) is 16.3 Å². The van der Waals surface area contributed by atoms with Crippen molar-refractivity contribution in [2.45, 2.75) is 6.92 Å². The Morgan fingerprint density at radius 2 is 2.00 bits per heavy atom. The first-order valence-electron chi connectivity index (χ1n) is 6.84. The van der Waals surface area contributed by atoms with E-state index in [-0.39, 0.29) is 5.91 Å². The third-order valence-corrected chi connectivity index (χ3v) is 3.99. The number of esters is 1. The van der Waals surface area contributed by atoms with Gasteiger partial charge in [-0.2, -0.15) is 0 Å². The molecule has 1 N–H and O–H groups in total. The van der Waals surface area contributed by atoms with Crippen LogP contribution in [-0.2, 0) is 9.53 Å². The molecule has 23 heavy (non-hydrogen) atoms. The maximum atomic E-state index is 12.0. The van der Waals surface area contributed by atoms with E-state index in [1.807, 2.05) is 25.1 Å². The van der Waals surface area contributed by atoms with Gasteiger partial charge in [0.05, 0.1) is 19.9 Å². The summed E-state index contributed by atoms with van der Waals surface area (Å²) in [6.45, 7) is 1.96. The molecule has 0 bridgehead atoms. The highest BCUT2D eigenvalue weighted by molar-refractivity contribution is 7.12. The Hall–Kier alpha value is -2.60. The van der Waals surface area contributed by atoms with Gasteiger partial charge < -0.3 is 14.8 Å². The Morgan fingerprint density at radius 3 is 2.70 bits per heavy atom. The minimum atomic E-state index is -0.473. The molecule has 2 rings (SSSR count). The number of hydrogen-bond donors (Lipinski definition) is 1. The molecule has 0 spiro atoms. The van der Waals surface area contributed by atoms with Gasteiger partial charge in [0.2, 0.25) is 5.91 Å². The normalized spacial score (nSPS) is 10.6. The number of benzene rings is 1. The molecule has 1 aromatic carbocycles. The lowest BCUT2D eigenvalue weighted by atomic mass is 10.1. The maximum absolute atomic E-state index is 12.0. The van der Waals surface area contributed by atoms with E-state index in [0.717, 1.165) is 11.1 Å². The van der Waals surface area contributed by atoms with Crippen molar-refractivity contribution in [1.29, 1.82) is 0 Å². The van der Waals surface area contributed by atoms with E-state index < -0.39 is 5.97 Å². The van der Waals surface area contributed by atoms with Crippen LogP contribution in [0.2, 0.25) is 0 Å². The van der Waals surface area contributed by atoms with Crippen LogP contribution in [0.25, 0.3) is 6.08 Å². The van der Waals surface area contributed by atoms with Crippen molar-refractivity contribution in [3.63, 3.8) is 0 Å². The molecule has 0 radical (unpaired) electrons. The van der Waals surface area contributed by atoms with E-state index >= 15 is 0 Å². The van der Waals surface area contributed by atoms with Crippen LogP contribution < -0.4 is 10.1 Å². The number of rotatable bonds is 5. The van der Waals surface area contributed by atoms with Crippen molar-refractivity contribution < 1.29 is 19.1 Å². The molecule has 0 fully saturated rings. The van der Waals surface area contributed by atoms with Crippen LogP contribution in [0.1, 0.15) is 20.8 Å². The topological polar surface area (TPSA) is 64.6 Å². The standard InChI is InChI=1S/C17H17NO4S/c1-11-4-6-14(21-2)12(10-11)5-7-15(19)18-13-8-9-23-16(13)17(20)22-3/h4-10H,1-3H3,(H,18,19)/b7-5+. The highest BCUT2D eigenvalue weighted by atomic mass is 32.1. The molecular weight excluding hydrogens is 314 g/mol.